The lowest BCUT2D eigenvalue weighted by Crippen LogP contribution is -2.53. The summed E-state index contributed by atoms with van der Waals surface area (Å²) in [4.78, 5) is 0. The molecule has 1 fully saturated rings. The van der Waals surface area contributed by atoms with E-state index < -0.39 is 0 Å². The lowest BCUT2D eigenvalue weighted by atomic mass is 9.87. The molecule has 0 aromatic carbocycles. The zero-order valence-electron chi connectivity index (χ0n) is 7.69. The molecule has 0 saturated heterocycles. The first-order chi connectivity index (χ1) is 5.69. The van der Waals surface area contributed by atoms with Crippen molar-refractivity contribution in [3.63, 3.8) is 0 Å². The van der Waals surface area contributed by atoms with Gasteiger partial charge in [-0.25, -0.2) is 0 Å². The second kappa shape index (κ2) is 4.18. The molecule has 1 aliphatic carbocycles. The van der Waals surface area contributed by atoms with Crippen molar-refractivity contribution in [1.29, 1.82) is 0 Å². The van der Waals surface area contributed by atoms with Gasteiger partial charge in [-0.05, 0) is 12.8 Å². The minimum absolute atomic E-state index is 0.0429. The summed E-state index contributed by atoms with van der Waals surface area (Å²) in [6, 6.07) is 0.0858. The first-order valence-corrected chi connectivity index (χ1v) is 4.25. The monoisotopic (exact) mass is 174 g/mol. The lowest BCUT2D eigenvalue weighted by Gasteiger charge is -2.36. The molecule has 4 N–H and O–H groups in total. The molecular formula is C8H18N2O2. The van der Waals surface area contributed by atoms with Gasteiger partial charge in [0.05, 0.1) is 12.2 Å². The molecule has 4 unspecified atom stereocenters. The van der Waals surface area contributed by atoms with E-state index in [1.807, 2.05) is 0 Å². The predicted octanol–water partition coefficient (Wildman–Crippen LogP) is -0.535. The Kier molecular flexibility index (Phi) is 3.46. The maximum absolute atomic E-state index is 5.80. The van der Waals surface area contributed by atoms with Crippen LogP contribution in [0.15, 0.2) is 0 Å². The molecule has 1 aliphatic rings. The molecular weight excluding hydrogens is 156 g/mol. The molecule has 1 rings (SSSR count). The molecule has 72 valence electrons. The van der Waals surface area contributed by atoms with Crippen LogP contribution in [0.25, 0.3) is 0 Å². The molecule has 4 atom stereocenters. The fourth-order valence-corrected chi connectivity index (χ4v) is 1.69. The van der Waals surface area contributed by atoms with Gasteiger partial charge in [-0.1, -0.05) is 0 Å². The van der Waals surface area contributed by atoms with Gasteiger partial charge in [0.15, 0.2) is 0 Å². The Morgan fingerprint density at radius 2 is 1.25 bits per heavy atom. The van der Waals surface area contributed by atoms with Gasteiger partial charge in [-0.3, -0.25) is 0 Å². The Morgan fingerprint density at radius 3 is 1.50 bits per heavy atom. The summed E-state index contributed by atoms with van der Waals surface area (Å²) in [6.45, 7) is 0. The minimum Gasteiger partial charge on any atom is -0.379 e. The Balaban J connectivity index is 2.52. The number of rotatable bonds is 2. The third-order valence-electron chi connectivity index (χ3n) is 2.58. The first-order valence-electron chi connectivity index (χ1n) is 4.25. The van der Waals surface area contributed by atoms with Crippen molar-refractivity contribution in [3.05, 3.63) is 0 Å². The molecule has 1 saturated carbocycles. The zero-order valence-corrected chi connectivity index (χ0v) is 7.69. The summed E-state index contributed by atoms with van der Waals surface area (Å²) >= 11 is 0. The lowest BCUT2D eigenvalue weighted by molar-refractivity contribution is -0.0659. The highest BCUT2D eigenvalue weighted by molar-refractivity contribution is 4.91. The first kappa shape index (κ1) is 9.92. The Hall–Kier alpha value is -0.160. The molecule has 0 aliphatic heterocycles. The maximum atomic E-state index is 5.80. The normalized spacial score (nSPS) is 43.0. The number of nitrogens with two attached hydrogens (primary N) is 2. The molecule has 0 bridgehead atoms. The van der Waals surface area contributed by atoms with Gasteiger partial charge in [-0.2, -0.15) is 0 Å². The summed E-state index contributed by atoms with van der Waals surface area (Å²) < 4.78 is 10.5. The second-order valence-corrected chi connectivity index (χ2v) is 3.35. The molecule has 0 aromatic heterocycles. The summed E-state index contributed by atoms with van der Waals surface area (Å²) in [6.07, 6.45) is 1.78. The van der Waals surface area contributed by atoms with Crippen LogP contribution >= 0.6 is 0 Å². The van der Waals surface area contributed by atoms with Gasteiger partial charge >= 0.3 is 0 Å². The van der Waals surface area contributed by atoms with E-state index in [0.29, 0.717) is 0 Å². The quantitative estimate of drug-likeness (QED) is 0.590. The van der Waals surface area contributed by atoms with Gasteiger partial charge < -0.3 is 20.9 Å². The molecule has 0 spiro atoms. The van der Waals surface area contributed by atoms with E-state index in [4.69, 9.17) is 20.9 Å². The minimum atomic E-state index is 0.0429. The number of methoxy groups -OCH3 is 2. The SMILES string of the molecule is COC1CC(N)C(N)CC1OC. The van der Waals surface area contributed by atoms with E-state index in [1.54, 1.807) is 14.2 Å². The van der Waals surface area contributed by atoms with Crippen LogP contribution in [0.1, 0.15) is 12.8 Å². The van der Waals surface area contributed by atoms with Crippen LogP contribution in [0.5, 0.6) is 0 Å². The number of hydrogen-bond donors (Lipinski definition) is 2. The van der Waals surface area contributed by atoms with E-state index in [2.05, 4.69) is 0 Å². The van der Waals surface area contributed by atoms with Crippen LogP contribution in [-0.4, -0.2) is 38.5 Å². The fraction of sp³-hybridized carbons (Fsp3) is 1.00. The average molecular weight is 174 g/mol. The van der Waals surface area contributed by atoms with Crippen molar-refractivity contribution in [3.8, 4) is 0 Å². The molecule has 0 heterocycles. The van der Waals surface area contributed by atoms with Crippen LogP contribution in [0.2, 0.25) is 0 Å². The van der Waals surface area contributed by atoms with Crippen molar-refractivity contribution in [1.82, 2.24) is 0 Å². The maximum Gasteiger partial charge on any atom is 0.0848 e. The highest BCUT2D eigenvalue weighted by Gasteiger charge is 2.33. The van der Waals surface area contributed by atoms with E-state index in [-0.39, 0.29) is 24.3 Å². The Morgan fingerprint density at radius 1 is 0.917 bits per heavy atom. The van der Waals surface area contributed by atoms with Crippen LogP contribution < -0.4 is 11.5 Å². The smallest absolute Gasteiger partial charge is 0.0848 e. The van der Waals surface area contributed by atoms with Crippen LogP contribution in [-0.2, 0) is 9.47 Å². The summed E-state index contributed by atoms with van der Waals surface area (Å²) in [7, 11) is 3.36. The highest BCUT2D eigenvalue weighted by atomic mass is 16.5. The van der Waals surface area contributed by atoms with Crippen LogP contribution in [0.3, 0.4) is 0 Å². The van der Waals surface area contributed by atoms with Gasteiger partial charge in [0.25, 0.3) is 0 Å². The van der Waals surface area contributed by atoms with E-state index in [0.717, 1.165) is 12.8 Å². The summed E-state index contributed by atoms with van der Waals surface area (Å²) in [5.74, 6) is 0. The molecule has 4 heteroatoms. The van der Waals surface area contributed by atoms with Crippen molar-refractivity contribution >= 4 is 0 Å². The van der Waals surface area contributed by atoms with Gasteiger partial charge in [0.2, 0.25) is 0 Å². The second-order valence-electron chi connectivity index (χ2n) is 3.35. The van der Waals surface area contributed by atoms with Gasteiger partial charge in [-0.15, -0.1) is 0 Å². The van der Waals surface area contributed by atoms with Crippen LogP contribution in [0, 0.1) is 0 Å². The number of ether oxygens (including phenoxy) is 2. The standard InChI is InChI=1S/C8H18N2O2/c1-11-7-3-5(9)6(10)4-8(7)12-2/h5-8H,3-4,9-10H2,1-2H3. The Bertz CT molecular complexity index is 127. The van der Waals surface area contributed by atoms with Gasteiger partial charge in [0, 0.05) is 26.3 Å². The van der Waals surface area contributed by atoms with Gasteiger partial charge in [0.1, 0.15) is 0 Å². The van der Waals surface area contributed by atoms with E-state index in [9.17, 15) is 0 Å². The van der Waals surface area contributed by atoms with E-state index in [1.165, 1.54) is 0 Å². The summed E-state index contributed by atoms with van der Waals surface area (Å²) in [5.41, 5.74) is 11.6. The van der Waals surface area contributed by atoms with Crippen molar-refractivity contribution in [2.75, 3.05) is 14.2 Å². The molecule has 4 nitrogen and oxygen atoms in total. The Labute approximate surface area is 73.2 Å². The predicted molar refractivity (Wildman–Crippen MR) is 46.8 cm³/mol. The largest absolute Gasteiger partial charge is 0.379 e. The summed E-state index contributed by atoms with van der Waals surface area (Å²) in [5, 5.41) is 0. The molecule has 12 heavy (non-hydrogen) atoms. The van der Waals surface area contributed by atoms with Crippen LogP contribution in [0.4, 0.5) is 0 Å². The van der Waals surface area contributed by atoms with E-state index >= 15 is 0 Å². The highest BCUT2D eigenvalue weighted by Crippen LogP contribution is 2.21. The fourth-order valence-electron chi connectivity index (χ4n) is 1.69. The topological polar surface area (TPSA) is 70.5 Å². The average Bonchev–Trinajstić information content (AvgIpc) is 2.09. The number of hydrogen-bond acceptors (Lipinski definition) is 4. The third kappa shape index (κ3) is 1.95. The van der Waals surface area contributed by atoms with Crippen molar-refractivity contribution in [2.45, 2.75) is 37.1 Å². The molecule has 0 aromatic rings. The molecule has 0 amide bonds. The molecule has 0 radical (unpaired) electrons. The van der Waals surface area contributed by atoms with Crippen molar-refractivity contribution < 1.29 is 9.47 Å². The van der Waals surface area contributed by atoms with Crippen molar-refractivity contribution in [2.24, 2.45) is 11.5 Å². The third-order valence-corrected chi connectivity index (χ3v) is 2.58. The zero-order chi connectivity index (χ0) is 9.14.